The summed E-state index contributed by atoms with van der Waals surface area (Å²) in [6.07, 6.45) is 3.85. The predicted molar refractivity (Wildman–Crippen MR) is 78.6 cm³/mol. The average Bonchev–Trinajstić information content (AvgIpc) is 2.97. The fourth-order valence-electron chi connectivity index (χ4n) is 1.57. The van der Waals surface area contributed by atoms with E-state index in [1.807, 2.05) is 16.8 Å². The lowest BCUT2D eigenvalue weighted by atomic mass is 10.2. The van der Waals surface area contributed by atoms with Crippen molar-refractivity contribution in [2.45, 2.75) is 19.4 Å². The summed E-state index contributed by atoms with van der Waals surface area (Å²) < 4.78 is 0. The second kappa shape index (κ2) is 7.06. The first kappa shape index (κ1) is 13.8. The van der Waals surface area contributed by atoms with Gasteiger partial charge in [-0.05, 0) is 28.8 Å². The van der Waals surface area contributed by atoms with Gasteiger partial charge in [-0.1, -0.05) is 6.92 Å². The minimum absolute atomic E-state index is 0.419. The third kappa shape index (κ3) is 4.18. The highest BCUT2D eigenvalue weighted by atomic mass is 32.1. The van der Waals surface area contributed by atoms with Gasteiger partial charge in [0.2, 0.25) is 0 Å². The van der Waals surface area contributed by atoms with E-state index < -0.39 is 6.10 Å². The van der Waals surface area contributed by atoms with Gasteiger partial charge < -0.3 is 15.7 Å². The second-order valence-electron chi connectivity index (χ2n) is 4.17. The molecule has 0 aliphatic rings. The molecular formula is C13H18N4OS. The van der Waals surface area contributed by atoms with Gasteiger partial charge in [-0.3, -0.25) is 4.98 Å². The zero-order chi connectivity index (χ0) is 13.5. The van der Waals surface area contributed by atoms with Gasteiger partial charge in [0.05, 0.1) is 18.5 Å². The maximum Gasteiger partial charge on any atom is 0.147 e. The molecule has 0 amide bonds. The monoisotopic (exact) mass is 278 g/mol. The van der Waals surface area contributed by atoms with E-state index in [2.05, 4.69) is 27.5 Å². The molecule has 0 aliphatic carbocycles. The molecule has 0 spiro atoms. The molecule has 6 heteroatoms. The smallest absolute Gasteiger partial charge is 0.147 e. The van der Waals surface area contributed by atoms with Crippen LogP contribution in [-0.2, 0) is 0 Å². The Kier molecular flexibility index (Phi) is 5.11. The number of thiophene rings is 1. The van der Waals surface area contributed by atoms with Crippen LogP contribution in [0.4, 0.5) is 11.6 Å². The number of aliphatic hydroxyl groups excluding tert-OH is 1. The van der Waals surface area contributed by atoms with Crippen LogP contribution < -0.4 is 10.6 Å². The highest BCUT2D eigenvalue weighted by Crippen LogP contribution is 2.16. The van der Waals surface area contributed by atoms with Gasteiger partial charge in [-0.2, -0.15) is 11.3 Å². The molecule has 102 valence electrons. The summed E-state index contributed by atoms with van der Waals surface area (Å²) in [4.78, 5) is 8.48. The molecule has 0 aromatic carbocycles. The predicted octanol–water partition coefficient (Wildman–Crippen LogP) is 2.51. The van der Waals surface area contributed by atoms with Crippen LogP contribution in [0.1, 0.15) is 25.0 Å². The van der Waals surface area contributed by atoms with Crippen molar-refractivity contribution in [2.75, 3.05) is 23.7 Å². The summed E-state index contributed by atoms with van der Waals surface area (Å²) in [7, 11) is 0. The Morgan fingerprint density at radius 2 is 2.11 bits per heavy atom. The highest BCUT2D eigenvalue weighted by molar-refractivity contribution is 7.07. The number of nitrogens with one attached hydrogen (secondary N) is 2. The maximum atomic E-state index is 9.96. The van der Waals surface area contributed by atoms with E-state index in [0.717, 1.165) is 24.3 Å². The van der Waals surface area contributed by atoms with Crippen LogP contribution >= 0.6 is 11.3 Å². The van der Waals surface area contributed by atoms with Gasteiger partial charge in [0, 0.05) is 13.1 Å². The zero-order valence-corrected chi connectivity index (χ0v) is 11.7. The maximum absolute atomic E-state index is 9.96. The van der Waals surface area contributed by atoms with Crippen LogP contribution in [0.15, 0.2) is 29.2 Å². The van der Waals surface area contributed by atoms with Crippen LogP contribution in [0.3, 0.4) is 0 Å². The minimum Gasteiger partial charge on any atom is -0.387 e. The molecule has 1 atom stereocenters. The fourth-order valence-corrected chi connectivity index (χ4v) is 2.28. The molecule has 3 N–H and O–H groups in total. The molecule has 0 bridgehead atoms. The number of anilines is 2. The van der Waals surface area contributed by atoms with Crippen molar-refractivity contribution in [3.63, 3.8) is 0 Å². The van der Waals surface area contributed by atoms with Crippen LogP contribution in [0.5, 0.6) is 0 Å². The van der Waals surface area contributed by atoms with E-state index in [1.54, 1.807) is 23.7 Å². The first-order valence-electron chi connectivity index (χ1n) is 6.29. The molecule has 0 saturated heterocycles. The van der Waals surface area contributed by atoms with Gasteiger partial charge in [-0.15, -0.1) is 0 Å². The molecule has 2 rings (SSSR count). The van der Waals surface area contributed by atoms with E-state index >= 15 is 0 Å². The quantitative estimate of drug-likeness (QED) is 0.726. The normalized spacial score (nSPS) is 12.1. The third-order valence-corrected chi connectivity index (χ3v) is 3.30. The van der Waals surface area contributed by atoms with Crippen LogP contribution in [0.2, 0.25) is 0 Å². The summed E-state index contributed by atoms with van der Waals surface area (Å²) in [5.74, 6) is 1.41. The number of aromatic nitrogens is 2. The molecule has 5 nitrogen and oxygen atoms in total. The highest BCUT2D eigenvalue weighted by Gasteiger charge is 2.08. The largest absolute Gasteiger partial charge is 0.387 e. The van der Waals surface area contributed by atoms with E-state index in [9.17, 15) is 5.11 Å². The Morgan fingerprint density at radius 1 is 1.32 bits per heavy atom. The molecule has 19 heavy (non-hydrogen) atoms. The third-order valence-electron chi connectivity index (χ3n) is 2.60. The van der Waals surface area contributed by atoms with Crippen molar-refractivity contribution in [3.8, 4) is 0 Å². The van der Waals surface area contributed by atoms with Crippen molar-refractivity contribution in [1.29, 1.82) is 0 Å². The molecule has 2 heterocycles. The molecule has 0 saturated carbocycles. The molecule has 2 aromatic rings. The number of hydrogen-bond donors (Lipinski definition) is 3. The summed E-state index contributed by atoms with van der Waals surface area (Å²) in [6.45, 7) is 3.39. The topological polar surface area (TPSA) is 70.1 Å². The molecule has 0 radical (unpaired) electrons. The minimum atomic E-state index is -0.527. The number of hydrogen-bond acceptors (Lipinski definition) is 6. The first-order chi connectivity index (χ1) is 9.29. The van der Waals surface area contributed by atoms with Crippen LogP contribution in [0.25, 0.3) is 0 Å². The van der Waals surface area contributed by atoms with Crippen molar-refractivity contribution in [1.82, 2.24) is 9.97 Å². The van der Waals surface area contributed by atoms with E-state index in [-0.39, 0.29) is 0 Å². The number of nitrogens with zero attached hydrogens (tertiary/aromatic N) is 2. The lowest BCUT2D eigenvalue weighted by Gasteiger charge is -2.11. The van der Waals surface area contributed by atoms with Crippen molar-refractivity contribution < 1.29 is 5.11 Å². The Balaban J connectivity index is 1.88. The second-order valence-corrected chi connectivity index (χ2v) is 4.95. The lowest BCUT2D eigenvalue weighted by molar-refractivity contribution is 0.192. The summed E-state index contributed by atoms with van der Waals surface area (Å²) in [6, 6.07) is 1.92. The van der Waals surface area contributed by atoms with E-state index in [0.29, 0.717) is 12.4 Å². The summed E-state index contributed by atoms with van der Waals surface area (Å²) >= 11 is 1.58. The molecule has 1 unspecified atom stereocenters. The van der Waals surface area contributed by atoms with Crippen molar-refractivity contribution in [3.05, 3.63) is 34.8 Å². The van der Waals surface area contributed by atoms with Crippen LogP contribution in [0, 0.1) is 0 Å². The number of rotatable bonds is 7. The first-order valence-corrected chi connectivity index (χ1v) is 7.24. The molecular weight excluding hydrogens is 260 g/mol. The Labute approximate surface area is 116 Å². The standard InChI is InChI=1S/C13H18N4OS/c1-2-4-15-12-7-14-8-13(17-12)16-6-11(18)10-3-5-19-9-10/h3,5,7-9,11,18H,2,4,6H2,1H3,(H2,15,16,17). The average molecular weight is 278 g/mol. The molecule has 0 fully saturated rings. The van der Waals surface area contributed by atoms with Crippen LogP contribution in [-0.4, -0.2) is 28.2 Å². The molecule has 0 aliphatic heterocycles. The number of aliphatic hydroxyl groups is 1. The van der Waals surface area contributed by atoms with E-state index in [1.165, 1.54) is 0 Å². The zero-order valence-electron chi connectivity index (χ0n) is 10.8. The van der Waals surface area contributed by atoms with Gasteiger partial charge >= 0.3 is 0 Å². The van der Waals surface area contributed by atoms with Crippen molar-refractivity contribution >= 4 is 23.0 Å². The van der Waals surface area contributed by atoms with Gasteiger partial charge in [0.25, 0.3) is 0 Å². The van der Waals surface area contributed by atoms with Gasteiger partial charge in [0.15, 0.2) is 0 Å². The van der Waals surface area contributed by atoms with Crippen molar-refractivity contribution in [2.24, 2.45) is 0 Å². The van der Waals surface area contributed by atoms with E-state index in [4.69, 9.17) is 0 Å². The Hall–Kier alpha value is -1.66. The Morgan fingerprint density at radius 3 is 2.79 bits per heavy atom. The fraction of sp³-hybridized carbons (Fsp3) is 0.385. The summed E-state index contributed by atoms with van der Waals surface area (Å²) in [5, 5.41) is 20.1. The molecule has 2 aromatic heterocycles. The van der Waals surface area contributed by atoms with Gasteiger partial charge in [0.1, 0.15) is 11.6 Å². The SMILES string of the molecule is CCCNc1cncc(NCC(O)c2ccsc2)n1. The Bertz CT molecular complexity index is 489. The van der Waals surface area contributed by atoms with Gasteiger partial charge in [-0.25, -0.2) is 4.98 Å². The lowest BCUT2D eigenvalue weighted by Crippen LogP contribution is -2.13. The summed E-state index contributed by atoms with van der Waals surface area (Å²) in [5.41, 5.74) is 0.922.